The molecule has 14 heavy (non-hydrogen) atoms. The van der Waals surface area contributed by atoms with Gasteiger partial charge in [0.1, 0.15) is 0 Å². The third-order valence-corrected chi connectivity index (χ3v) is 2.45. The minimum absolute atomic E-state index is 0.315. The molecular formula is C11H9ClO2. The van der Waals surface area contributed by atoms with E-state index in [1.165, 1.54) is 0 Å². The number of halogens is 1. The van der Waals surface area contributed by atoms with Gasteiger partial charge in [0.15, 0.2) is 17.6 Å². The summed E-state index contributed by atoms with van der Waals surface area (Å²) in [5, 5.41) is 1.45. The minimum Gasteiger partial charge on any atom is -0.452 e. The van der Waals surface area contributed by atoms with Gasteiger partial charge >= 0.3 is 0 Å². The average Bonchev–Trinajstić information content (AvgIpc) is 2.61. The van der Waals surface area contributed by atoms with Gasteiger partial charge in [0.2, 0.25) is 0 Å². The molecule has 2 rings (SSSR count). The molecule has 0 aliphatic carbocycles. The highest BCUT2D eigenvalue weighted by Gasteiger charge is 2.07. The van der Waals surface area contributed by atoms with Crippen molar-refractivity contribution in [1.82, 2.24) is 0 Å². The van der Waals surface area contributed by atoms with Crippen molar-refractivity contribution in [3.05, 3.63) is 34.5 Å². The standard InChI is InChI=1S/C11H9ClO2/c1-2-7-3-8-5-9(6-13)14-11(8)10(12)4-7/h3-6H,2H2,1H3. The van der Waals surface area contributed by atoms with Gasteiger partial charge in [0.05, 0.1) is 5.02 Å². The lowest BCUT2D eigenvalue weighted by Crippen LogP contribution is -1.78. The van der Waals surface area contributed by atoms with E-state index in [9.17, 15) is 4.79 Å². The molecular weight excluding hydrogens is 200 g/mol. The highest BCUT2D eigenvalue weighted by atomic mass is 35.5. The summed E-state index contributed by atoms with van der Waals surface area (Å²) in [5.41, 5.74) is 1.73. The molecule has 1 aromatic heterocycles. The molecule has 1 aromatic carbocycles. The zero-order chi connectivity index (χ0) is 10.1. The first kappa shape index (κ1) is 9.28. The summed E-state index contributed by atoms with van der Waals surface area (Å²) in [7, 11) is 0. The SMILES string of the molecule is CCc1cc(Cl)c2oc(C=O)cc2c1. The summed E-state index contributed by atoms with van der Waals surface area (Å²) >= 11 is 6.00. The largest absolute Gasteiger partial charge is 0.452 e. The number of benzene rings is 1. The minimum atomic E-state index is 0.315. The molecule has 0 bridgehead atoms. The number of rotatable bonds is 2. The van der Waals surface area contributed by atoms with E-state index < -0.39 is 0 Å². The molecule has 0 saturated heterocycles. The van der Waals surface area contributed by atoms with Crippen LogP contribution in [0.2, 0.25) is 5.02 Å². The van der Waals surface area contributed by atoms with Crippen LogP contribution in [0, 0.1) is 0 Å². The quantitative estimate of drug-likeness (QED) is 0.708. The molecule has 0 spiro atoms. The highest BCUT2D eigenvalue weighted by Crippen LogP contribution is 2.28. The van der Waals surface area contributed by atoms with Gasteiger partial charge < -0.3 is 4.42 Å². The lowest BCUT2D eigenvalue weighted by atomic mass is 10.1. The number of carbonyl (C=O) groups excluding carboxylic acids is 1. The van der Waals surface area contributed by atoms with Gasteiger partial charge in [0, 0.05) is 5.39 Å². The van der Waals surface area contributed by atoms with Crippen LogP contribution in [-0.4, -0.2) is 6.29 Å². The number of aryl methyl sites for hydroxylation is 1. The number of fused-ring (bicyclic) bond motifs is 1. The van der Waals surface area contributed by atoms with E-state index in [-0.39, 0.29) is 0 Å². The molecule has 0 fully saturated rings. The van der Waals surface area contributed by atoms with E-state index in [0.717, 1.165) is 17.4 Å². The Kier molecular flexibility index (Phi) is 2.30. The molecule has 0 N–H and O–H groups in total. The maximum Gasteiger partial charge on any atom is 0.185 e. The van der Waals surface area contributed by atoms with Crippen molar-refractivity contribution in [3.8, 4) is 0 Å². The molecule has 0 amide bonds. The van der Waals surface area contributed by atoms with Crippen LogP contribution in [0.1, 0.15) is 23.0 Å². The molecule has 0 saturated carbocycles. The summed E-state index contributed by atoms with van der Waals surface area (Å²) in [6.07, 6.45) is 1.60. The van der Waals surface area contributed by atoms with Crippen molar-refractivity contribution in [2.45, 2.75) is 13.3 Å². The second-order valence-electron chi connectivity index (χ2n) is 3.12. The summed E-state index contributed by atoms with van der Waals surface area (Å²) in [6, 6.07) is 5.55. The lowest BCUT2D eigenvalue weighted by molar-refractivity contribution is 0.110. The van der Waals surface area contributed by atoms with E-state index in [4.69, 9.17) is 16.0 Å². The van der Waals surface area contributed by atoms with Crippen molar-refractivity contribution in [3.63, 3.8) is 0 Å². The van der Waals surface area contributed by atoms with E-state index in [1.807, 2.05) is 12.1 Å². The van der Waals surface area contributed by atoms with Gasteiger partial charge in [-0.1, -0.05) is 18.5 Å². The number of aldehydes is 1. The van der Waals surface area contributed by atoms with Crippen LogP contribution in [0.15, 0.2) is 22.6 Å². The van der Waals surface area contributed by atoms with Crippen LogP contribution in [0.4, 0.5) is 0 Å². The van der Waals surface area contributed by atoms with Crippen LogP contribution in [0.5, 0.6) is 0 Å². The van der Waals surface area contributed by atoms with E-state index in [2.05, 4.69) is 6.92 Å². The van der Waals surface area contributed by atoms with Gasteiger partial charge in [-0.3, -0.25) is 4.79 Å². The Bertz CT molecular complexity index is 485. The van der Waals surface area contributed by atoms with Gasteiger partial charge in [-0.25, -0.2) is 0 Å². The first-order valence-electron chi connectivity index (χ1n) is 4.41. The maximum absolute atomic E-state index is 10.5. The third-order valence-electron chi connectivity index (χ3n) is 2.17. The molecule has 0 atom stereocenters. The molecule has 2 nitrogen and oxygen atoms in total. The second kappa shape index (κ2) is 3.46. The Labute approximate surface area is 86.5 Å². The third kappa shape index (κ3) is 1.42. The molecule has 0 aliphatic rings. The normalized spacial score (nSPS) is 10.7. The summed E-state index contributed by atoms with van der Waals surface area (Å²) in [6.45, 7) is 2.05. The number of hydrogen-bond acceptors (Lipinski definition) is 2. The zero-order valence-electron chi connectivity index (χ0n) is 7.71. The molecule has 72 valence electrons. The fourth-order valence-corrected chi connectivity index (χ4v) is 1.74. The molecule has 0 unspecified atom stereocenters. The topological polar surface area (TPSA) is 30.2 Å². The lowest BCUT2D eigenvalue weighted by Gasteiger charge is -1.97. The Hall–Kier alpha value is -1.28. The molecule has 0 aliphatic heterocycles. The fourth-order valence-electron chi connectivity index (χ4n) is 1.45. The first-order valence-corrected chi connectivity index (χ1v) is 4.79. The van der Waals surface area contributed by atoms with Crippen LogP contribution in [0.3, 0.4) is 0 Å². The molecule has 3 heteroatoms. The number of carbonyl (C=O) groups is 1. The Morgan fingerprint density at radius 3 is 2.86 bits per heavy atom. The van der Waals surface area contributed by atoms with Crippen molar-refractivity contribution in [1.29, 1.82) is 0 Å². The number of furan rings is 1. The van der Waals surface area contributed by atoms with E-state index in [0.29, 0.717) is 22.7 Å². The predicted octanol–water partition coefficient (Wildman–Crippen LogP) is 3.46. The summed E-state index contributed by atoms with van der Waals surface area (Å²) in [5.74, 6) is 0.315. The summed E-state index contributed by atoms with van der Waals surface area (Å²) in [4.78, 5) is 10.5. The van der Waals surface area contributed by atoms with Crippen molar-refractivity contribution in [2.24, 2.45) is 0 Å². The molecule has 2 aromatic rings. The van der Waals surface area contributed by atoms with Crippen LogP contribution in [-0.2, 0) is 6.42 Å². The van der Waals surface area contributed by atoms with E-state index in [1.54, 1.807) is 6.07 Å². The Morgan fingerprint density at radius 2 is 2.21 bits per heavy atom. The van der Waals surface area contributed by atoms with E-state index >= 15 is 0 Å². The molecule has 1 heterocycles. The molecule has 0 radical (unpaired) electrons. The Balaban J connectivity index is 2.73. The van der Waals surface area contributed by atoms with Gasteiger partial charge in [0.25, 0.3) is 0 Å². The van der Waals surface area contributed by atoms with Crippen molar-refractivity contribution < 1.29 is 9.21 Å². The second-order valence-corrected chi connectivity index (χ2v) is 3.52. The zero-order valence-corrected chi connectivity index (χ0v) is 8.47. The first-order chi connectivity index (χ1) is 6.74. The summed E-state index contributed by atoms with van der Waals surface area (Å²) < 4.78 is 5.25. The van der Waals surface area contributed by atoms with Crippen LogP contribution >= 0.6 is 11.6 Å². The van der Waals surface area contributed by atoms with Gasteiger partial charge in [-0.15, -0.1) is 0 Å². The average molecular weight is 209 g/mol. The maximum atomic E-state index is 10.5. The van der Waals surface area contributed by atoms with Crippen LogP contribution in [0.25, 0.3) is 11.0 Å². The van der Waals surface area contributed by atoms with Gasteiger partial charge in [-0.05, 0) is 30.2 Å². The van der Waals surface area contributed by atoms with Crippen molar-refractivity contribution >= 4 is 28.9 Å². The monoisotopic (exact) mass is 208 g/mol. The predicted molar refractivity (Wildman–Crippen MR) is 56.0 cm³/mol. The fraction of sp³-hybridized carbons (Fsp3) is 0.182. The Morgan fingerprint density at radius 1 is 1.43 bits per heavy atom. The van der Waals surface area contributed by atoms with Crippen LogP contribution < -0.4 is 0 Å². The highest BCUT2D eigenvalue weighted by molar-refractivity contribution is 6.35. The number of hydrogen-bond donors (Lipinski definition) is 0. The smallest absolute Gasteiger partial charge is 0.185 e. The van der Waals surface area contributed by atoms with Gasteiger partial charge in [-0.2, -0.15) is 0 Å². The van der Waals surface area contributed by atoms with Crippen molar-refractivity contribution in [2.75, 3.05) is 0 Å².